The van der Waals surface area contributed by atoms with Crippen LogP contribution in [0.1, 0.15) is 26.2 Å². The first-order chi connectivity index (χ1) is 6.14. The minimum absolute atomic E-state index is 0.173. The number of nitrogens with zero attached hydrogens (tertiary/aromatic N) is 1. The Kier molecular flexibility index (Phi) is 1.45. The van der Waals surface area contributed by atoms with Crippen LogP contribution >= 0.6 is 0 Å². The van der Waals surface area contributed by atoms with E-state index in [1.165, 1.54) is 19.3 Å². The maximum atomic E-state index is 10.2. The molecule has 13 heavy (non-hydrogen) atoms. The minimum atomic E-state index is -0.173. The predicted octanol–water partition coefficient (Wildman–Crippen LogP) is 1.30. The molecule has 5 unspecified atom stereocenters. The number of rotatable bonds is 0. The molecule has 3 aliphatic rings. The maximum absolute atomic E-state index is 10.2. The standard InChI is InChI=1S/C11H19NO/c1-11-8-4-3-7(5-8)9(11)6-12(2)10(11)13/h7-10,13H,3-6H2,1-2H3. The largest absolute Gasteiger partial charge is 0.378 e. The van der Waals surface area contributed by atoms with Crippen LogP contribution in [0.2, 0.25) is 0 Å². The summed E-state index contributed by atoms with van der Waals surface area (Å²) in [6.45, 7) is 3.44. The van der Waals surface area contributed by atoms with Crippen molar-refractivity contribution in [2.24, 2.45) is 23.2 Å². The van der Waals surface area contributed by atoms with Crippen LogP contribution in [0.4, 0.5) is 0 Å². The second kappa shape index (κ2) is 2.29. The fourth-order valence-electron chi connectivity index (χ4n) is 4.39. The molecule has 74 valence electrons. The molecule has 2 nitrogen and oxygen atoms in total. The number of aliphatic hydroxyl groups excluding tert-OH is 1. The molecule has 0 spiro atoms. The molecule has 5 atom stereocenters. The SMILES string of the molecule is CN1CC2C3CCC(C3)C2(C)C1O. The van der Waals surface area contributed by atoms with Crippen molar-refractivity contribution in [1.82, 2.24) is 4.90 Å². The van der Waals surface area contributed by atoms with Crippen molar-refractivity contribution in [1.29, 1.82) is 0 Å². The molecule has 1 heterocycles. The minimum Gasteiger partial charge on any atom is -0.378 e. The third kappa shape index (κ3) is 0.774. The molecule has 0 aromatic rings. The molecule has 1 saturated heterocycles. The Balaban J connectivity index is 2.00. The molecule has 2 bridgehead atoms. The monoisotopic (exact) mass is 181 g/mol. The van der Waals surface area contributed by atoms with Gasteiger partial charge in [0.2, 0.25) is 0 Å². The van der Waals surface area contributed by atoms with Gasteiger partial charge in [-0.05, 0) is 44.1 Å². The normalized spacial score (nSPS) is 60.2. The van der Waals surface area contributed by atoms with E-state index in [-0.39, 0.29) is 11.6 Å². The number of likely N-dealkylation sites (tertiary alicyclic amines) is 1. The van der Waals surface area contributed by atoms with Gasteiger partial charge in [-0.25, -0.2) is 0 Å². The summed E-state index contributed by atoms with van der Waals surface area (Å²) < 4.78 is 0. The van der Waals surface area contributed by atoms with Gasteiger partial charge in [0.15, 0.2) is 0 Å². The smallest absolute Gasteiger partial charge is 0.113 e. The van der Waals surface area contributed by atoms with Gasteiger partial charge in [0, 0.05) is 12.0 Å². The summed E-state index contributed by atoms with van der Waals surface area (Å²) in [6.07, 6.45) is 4.01. The molecule has 0 radical (unpaired) electrons. The van der Waals surface area contributed by atoms with E-state index in [2.05, 4.69) is 18.9 Å². The molecule has 2 aliphatic carbocycles. The zero-order chi connectivity index (χ0) is 9.22. The van der Waals surface area contributed by atoms with E-state index in [1.54, 1.807) is 0 Å². The van der Waals surface area contributed by atoms with Crippen molar-refractivity contribution >= 4 is 0 Å². The molecule has 1 aliphatic heterocycles. The van der Waals surface area contributed by atoms with Gasteiger partial charge in [-0.1, -0.05) is 6.92 Å². The first-order valence-corrected chi connectivity index (χ1v) is 5.52. The first kappa shape index (κ1) is 8.25. The Labute approximate surface area is 79.9 Å². The van der Waals surface area contributed by atoms with Gasteiger partial charge in [0.05, 0.1) is 0 Å². The van der Waals surface area contributed by atoms with Crippen LogP contribution in [0.25, 0.3) is 0 Å². The summed E-state index contributed by atoms with van der Waals surface area (Å²) in [6, 6.07) is 0. The number of hydrogen-bond donors (Lipinski definition) is 1. The number of fused-ring (bicyclic) bond motifs is 5. The van der Waals surface area contributed by atoms with Gasteiger partial charge in [0.25, 0.3) is 0 Å². The molecule has 1 N–H and O–H groups in total. The Bertz CT molecular complexity index is 238. The molecule has 2 saturated carbocycles. The maximum Gasteiger partial charge on any atom is 0.113 e. The van der Waals surface area contributed by atoms with E-state index in [1.807, 2.05) is 0 Å². The number of aliphatic hydroxyl groups is 1. The summed E-state index contributed by atoms with van der Waals surface area (Å²) in [5.41, 5.74) is 0.234. The zero-order valence-electron chi connectivity index (χ0n) is 8.53. The van der Waals surface area contributed by atoms with E-state index in [0.717, 1.165) is 24.3 Å². The predicted molar refractivity (Wildman–Crippen MR) is 51.1 cm³/mol. The lowest BCUT2D eigenvalue weighted by Crippen LogP contribution is -2.41. The highest BCUT2D eigenvalue weighted by atomic mass is 16.3. The van der Waals surface area contributed by atoms with Crippen LogP contribution in [0.5, 0.6) is 0 Å². The molecule has 0 aromatic carbocycles. The third-order valence-electron chi connectivity index (χ3n) is 5.18. The third-order valence-corrected chi connectivity index (χ3v) is 5.18. The van der Waals surface area contributed by atoms with Gasteiger partial charge in [0.1, 0.15) is 6.23 Å². The van der Waals surface area contributed by atoms with E-state index in [0.29, 0.717) is 0 Å². The van der Waals surface area contributed by atoms with Crippen molar-refractivity contribution in [2.45, 2.75) is 32.4 Å². The number of hydrogen-bond acceptors (Lipinski definition) is 2. The quantitative estimate of drug-likeness (QED) is 0.609. The second-order valence-electron chi connectivity index (χ2n) is 5.56. The van der Waals surface area contributed by atoms with Crippen molar-refractivity contribution in [3.63, 3.8) is 0 Å². The summed E-state index contributed by atoms with van der Waals surface area (Å²) in [7, 11) is 2.06. The van der Waals surface area contributed by atoms with Crippen LogP contribution in [-0.2, 0) is 0 Å². The summed E-state index contributed by atoms with van der Waals surface area (Å²) in [5, 5.41) is 10.2. The Morgan fingerprint density at radius 2 is 2.15 bits per heavy atom. The van der Waals surface area contributed by atoms with Gasteiger partial charge in [-0.2, -0.15) is 0 Å². The van der Waals surface area contributed by atoms with Crippen molar-refractivity contribution in [3.05, 3.63) is 0 Å². The van der Waals surface area contributed by atoms with Crippen LogP contribution in [0, 0.1) is 23.2 Å². The van der Waals surface area contributed by atoms with E-state index in [4.69, 9.17) is 0 Å². The average molecular weight is 181 g/mol. The lowest BCUT2D eigenvalue weighted by Gasteiger charge is -2.38. The highest BCUT2D eigenvalue weighted by Gasteiger charge is 2.62. The molecular formula is C11H19NO. The Morgan fingerprint density at radius 1 is 1.38 bits per heavy atom. The molecular weight excluding hydrogens is 162 g/mol. The van der Waals surface area contributed by atoms with E-state index >= 15 is 0 Å². The second-order valence-corrected chi connectivity index (χ2v) is 5.56. The fourth-order valence-corrected chi connectivity index (χ4v) is 4.39. The van der Waals surface area contributed by atoms with Gasteiger partial charge < -0.3 is 5.11 Å². The van der Waals surface area contributed by atoms with Crippen LogP contribution in [0.15, 0.2) is 0 Å². The molecule has 3 fully saturated rings. The zero-order valence-corrected chi connectivity index (χ0v) is 8.53. The lowest BCUT2D eigenvalue weighted by atomic mass is 9.68. The average Bonchev–Trinajstić information content (AvgIpc) is 2.71. The van der Waals surface area contributed by atoms with Gasteiger partial charge >= 0.3 is 0 Å². The van der Waals surface area contributed by atoms with Crippen LogP contribution < -0.4 is 0 Å². The molecule has 3 rings (SSSR count). The first-order valence-electron chi connectivity index (χ1n) is 5.52. The molecule has 0 amide bonds. The lowest BCUT2D eigenvalue weighted by molar-refractivity contribution is -0.0542. The van der Waals surface area contributed by atoms with Gasteiger partial charge in [-0.3, -0.25) is 4.90 Å². The summed E-state index contributed by atoms with van der Waals surface area (Å²) in [4.78, 5) is 2.15. The molecule has 0 aromatic heterocycles. The highest BCUT2D eigenvalue weighted by molar-refractivity contribution is 5.10. The molecule has 2 heteroatoms. The fraction of sp³-hybridized carbons (Fsp3) is 1.00. The van der Waals surface area contributed by atoms with Crippen LogP contribution in [0.3, 0.4) is 0 Å². The highest BCUT2D eigenvalue weighted by Crippen LogP contribution is 2.63. The van der Waals surface area contributed by atoms with Crippen LogP contribution in [-0.4, -0.2) is 29.8 Å². The van der Waals surface area contributed by atoms with E-state index in [9.17, 15) is 5.11 Å². The topological polar surface area (TPSA) is 23.5 Å². The van der Waals surface area contributed by atoms with Crippen molar-refractivity contribution in [2.75, 3.05) is 13.6 Å². The van der Waals surface area contributed by atoms with E-state index < -0.39 is 0 Å². The van der Waals surface area contributed by atoms with Crippen molar-refractivity contribution < 1.29 is 5.11 Å². The Morgan fingerprint density at radius 3 is 2.85 bits per heavy atom. The van der Waals surface area contributed by atoms with Gasteiger partial charge in [-0.15, -0.1) is 0 Å². The Hall–Kier alpha value is -0.0800. The summed E-state index contributed by atoms with van der Waals surface area (Å²) in [5.74, 6) is 2.52. The summed E-state index contributed by atoms with van der Waals surface area (Å²) >= 11 is 0. The van der Waals surface area contributed by atoms with Crippen molar-refractivity contribution in [3.8, 4) is 0 Å².